The van der Waals surface area contributed by atoms with Crippen LogP contribution in [0.15, 0.2) is 35.1 Å². The number of allylic oxidation sites excluding steroid dienone is 4. The van der Waals surface area contributed by atoms with E-state index >= 15 is 0 Å². The third-order valence-electron chi connectivity index (χ3n) is 2.48. The van der Waals surface area contributed by atoms with Crippen LogP contribution >= 0.6 is 0 Å². The second-order valence-electron chi connectivity index (χ2n) is 5.09. The zero-order chi connectivity index (χ0) is 12.9. The second kappa shape index (κ2) is 5.61. The van der Waals surface area contributed by atoms with Crippen LogP contribution in [0.5, 0.6) is 0 Å². The van der Waals surface area contributed by atoms with Crippen LogP contribution in [0.3, 0.4) is 0 Å². The summed E-state index contributed by atoms with van der Waals surface area (Å²) in [5, 5.41) is 3.14. The number of likely N-dealkylation sites (N-methyl/N-ethyl adjacent to an activating group) is 1. The molecule has 0 aliphatic heterocycles. The fraction of sp³-hybridized carbons (Fsp3) is 0.467. The molecule has 0 rings (SSSR count). The average Bonchev–Trinajstić information content (AvgIpc) is 2.16. The zero-order valence-corrected chi connectivity index (χ0v) is 11.4. The molecule has 0 radical (unpaired) electrons. The molecule has 0 saturated heterocycles. The lowest BCUT2D eigenvalue weighted by Gasteiger charge is -2.22. The van der Waals surface area contributed by atoms with Gasteiger partial charge in [-0.3, -0.25) is 0 Å². The Morgan fingerprint density at radius 3 is 2.06 bits per heavy atom. The summed E-state index contributed by atoms with van der Waals surface area (Å²) in [6.07, 6.45) is 7.53. The SMILES string of the molecule is C#C/C(=C\C(NC)=C(C)C)C(=C)C(C)(C)C. The van der Waals surface area contributed by atoms with E-state index in [1.165, 1.54) is 5.57 Å². The van der Waals surface area contributed by atoms with Crippen molar-refractivity contribution in [1.29, 1.82) is 0 Å². The van der Waals surface area contributed by atoms with Gasteiger partial charge in [0.25, 0.3) is 0 Å². The van der Waals surface area contributed by atoms with Crippen molar-refractivity contribution in [1.82, 2.24) is 5.32 Å². The Kier molecular flexibility index (Phi) is 5.11. The van der Waals surface area contributed by atoms with E-state index in [0.717, 1.165) is 16.8 Å². The van der Waals surface area contributed by atoms with Gasteiger partial charge in [0.15, 0.2) is 0 Å². The summed E-state index contributed by atoms with van der Waals surface area (Å²) < 4.78 is 0. The monoisotopic (exact) mass is 217 g/mol. The molecule has 16 heavy (non-hydrogen) atoms. The van der Waals surface area contributed by atoms with Gasteiger partial charge < -0.3 is 5.32 Å². The lowest BCUT2D eigenvalue weighted by atomic mass is 9.83. The fourth-order valence-corrected chi connectivity index (χ4v) is 1.23. The van der Waals surface area contributed by atoms with Gasteiger partial charge in [0.2, 0.25) is 0 Å². The van der Waals surface area contributed by atoms with Crippen molar-refractivity contribution in [3.8, 4) is 12.3 Å². The van der Waals surface area contributed by atoms with Gasteiger partial charge in [-0.2, -0.15) is 0 Å². The molecule has 0 fully saturated rings. The normalized spacial score (nSPS) is 11.7. The van der Waals surface area contributed by atoms with E-state index in [-0.39, 0.29) is 5.41 Å². The summed E-state index contributed by atoms with van der Waals surface area (Å²) in [6, 6.07) is 0. The van der Waals surface area contributed by atoms with E-state index in [2.05, 4.69) is 52.4 Å². The Hall–Kier alpha value is -1.42. The first-order valence-electron chi connectivity index (χ1n) is 5.47. The predicted octanol–water partition coefficient (Wildman–Crippen LogP) is 3.66. The molecule has 0 unspecified atom stereocenters. The van der Waals surface area contributed by atoms with Crippen LogP contribution in [-0.4, -0.2) is 7.05 Å². The molecule has 0 aromatic rings. The van der Waals surface area contributed by atoms with Gasteiger partial charge in [-0.1, -0.05) is 38.8 Å². The Morgan fingerprint density at radius 2 is 1.81 bits per heavy atom. The van der Waals surface area contributed by atoms with Gasteiger partial charge in [-0.05, 0) is 30.9 Å². The molecular weight excluding hydrogens is 194 g/mol. The van der Waals surface area contributed by atoms with Gasteiger partial charge in [-0.15, -0.1) is 6.42 Å². The number of rotatable bonds is 3. The summed E-state index contributed by atoms with van der Waals surface area (Å²) in [6.45, 7) is 14.5. The molecule has 1 nitrogen and oxygen atoms in total. The third-order valence-corrected chi connectivity index (χ3v) is 2.48. The first-order valence-corrected chi connectivity index (χ1v) is 5.47. The van der Waals surface area contributed by atoms with Crippen LogP contribution in [0.4, 0.5) is 0 Å². The highest BCUT2D eigenvalue weighted by Gasteiger charge is 2.17. The summed E-state index contributed by atoms with van der Waals surface area (Å²) in [5.41, 5.74) is 4.11. The third kappa shape index (κ3) is 3.98. The smallest absolute Gasteiger partial charge is 0.0336 e. The molecule has 0 aliphatic rings. The number of terminal acetylenes is 1. The maximum absolute atomic E-state index is 5.54. The largest absolute Gasteiger partial charge is 0.388 e. The van der Waals surface area contributed by atoms with Crippen molar-refractivity contribution in [2.75, 3.05) is 7.05 Å². The molecule has 0 bridgehead atoms. The van der Waals surface area contributed by atoms with E-state index < -0.39 is 0 Å². The van der Waals surface area contributed by atoms with E-state index in [1.54, 1.807) is 0 Å². The van der Waals surface area contributed by atoms with Crippen molar-refractivity contribution >= 4 is 0 Å². The van der Waals surface area contributed by atoms with Crippen LogP contribution in [0, 0.1) is 17.8 Å². The van der Waals surface area contributed by atoms with Crippen LogP contribution in [0.1, 0.15) is 34.6 Å². The molecule has 0 aliphatic carbocycles. The molecule has 88 valence electrons. The Bertz CT molecular complexity index is 363. The van der Waals surface area contributed by atoms with Crippen LogP contribution in [-0.2, 0) is 0 Å². The van der Waals surface area contributed by atoms with E-state index in [4.69, 9.17) is 6.42 Å². The lowest BCUT2D eigenvalue weighted by molar-refractivity contribution is 0.515. The summed E-state index contributed by atoms with van der Waals surface area (Å²) in [7, 11) is 1.90. The summed E-state index contributed by atoms with van der Waals surface area (Å²) in [5.74, 6) is 2.72. The maximum Gasteiger partial charge on any atom is 0.0336 e. The number of nitrogens with one attached hydrogen (secondary N) is 1. The molecule has 0 saturated carbocycles. The lowest BCUT2D eigenvalue weighted by Crippen LogP contribution is -2.12. The average molecular weight is 217 g/mol. The van der Waals surface area contributed by atoms with Crippen molar-refractivity contribution in [2.45, 2.75) is 34.6 Å². The van der Waals surface area contributed by atoms with Gasteiger partial charge in [-0.25, -0.2) is 0 Å². The quantitative estimate of drug-likeness (QED) is 0.562. The molecule has 1 heteroatoms. The van der Waals surface area contributed by atoms with Gasteiger partial charge in [0, 0.05) is 18.3 Å². The van der Waals surface area contributed by atoms with E-state index in [9.17, 15) is 0 Å². The van der Waals surface area contributed by atoms with Crippen molar-refractivity contribution in [2.24, 2.45) is 5.41 Å². The summed E-state index contributed by atoms with van der Waals surface area (Å²) in [4.78, 5) is 0. The van der Waals surface area contributed by atoms with Crippen LogP contribution < -0.4 is 5.32 Å². The Balaban J connectivity index is 5.35. The molecule has 0 aromatic heterocycles. The number of hydrogen-bond acceptors (Lipinski definition) is 1. The predicted molar refractivity (Wildman–Crippen MR) is 72.9 cm³/mol. The molecule has 0 aromatic carbocycles. The molecule has 0 amide bonds. The van der Waals surface area contributed by atoms with Gasteiger partial charge in [0.1, 0.15) is 0 Å². The van der Waals surface area contributed by atoms with E-state index in [0.29, 0.717) is 0 Å². The molecule has 1 N–H and O–H groups in total. The Labute approximate surface area is 100 Å². The van der Waals surface area contributed by atoms with Crippen molar-refractivity contribution in [3.05, 3.63) is 35.1 Å². The molecule has 0 spiro atoms. The molecule has 0 atom stereocenters. The minimum Gasteiger partial charge on any atom is -0.388 e. The van der Waals surface area contributed by atoms with Gasteiger partial charge >= 0.3 is 0 Å². The fourth-order valence-electron chi connectivity index (χ4n) is 1.23. The minimum atomic E-state index is -0.00129. The highest BCUT2D eigenvalue weighted by molar-refractivity contribution is 5.49. The highest BCUT2D eigenvalue weighted by Crippen LogP contribution is 2.29. The molecular formula is C15H23N. The van der Waals surface area contributed by atoms with E-state index in [1.807, 2.05) is 13.1 Å². The van der Waals surface area contributed by atoms with Gasteiger partial charge in [0.05, 0.1) is 0 Å². The standard InChI is InChI=1S/C15H23N/c1-9-13(12(4)15(5,6)7)10-14(16-8)11(2)3/h1,10,16H,4H2,2-3,5-8H3/b13-10+. The highest BCUT2D eigenvalue weighted by atomic mass is 14.8. The van der Waals surface area contributed by atoms with Crippen LogP contribution in [0.25, 0.3) is 0 Å². The first-order chi connectivity index (χ1) is 7.23. The summed E-state index contributed by atoms with van der Waals surface area (Å²) >= 11 is 0. The van der Waals surface area contributed by atoms with Crippen molar-refractivity contribution < 1.29 is 0 Å². The topological polar surface area (TPSA) is 12.0 Å². The second-order valence-corrected chi connectivity index (χ2v) is 5.09. The number of hydrogen-bond donors (Lipinski definition) is 1. The van der Waals surface area contributed by atoms with Crippen LogP contribution in [0.2, 0.25) is 0 Å². The first kappa shape index (κ1) is 14.6. The Morgan fingerprint density at radius 1 is 1.31 bits per heavy atom. The molecule has 0 heterocycles. The minimum absolute atomic E-state index is 0.00129. The van der Waals surface area contributed by atoms with Crippen molar-refractivity contribution in [3.63, 3.8) is 0 Å². The maximum atomic E-state index is 5.54. The zero-order valence-electron chi connectivity index (χ0n) is 11.4.